The van der Waals surface area contributed by atoms with Gasteiger partial charge in [0.15, 0.2) is 23.0 Å². The second-order valence-corrected chi connectivity index (χ2v) is 13.6. The van der Waals surface area contributed by atoms with Gasteiger partial charge in [-0.3, -0.25) is 0 Å². The van der Waals surface area contributed by atoms with Crippen LogP contribution >= 0.6 is 0 Å². The van der Waals surface area contributed by atoms with Crippen LogP contribution in [0.3, 0.4) is 0 Å². The molecule has 0 saturated carbocycles. The van der Waals surface area contributed by atoms with Gasteiger partial charge in [-0.05, 0) is 45.0 Å². The second kappa shape index (κ2) is 12.8. The van der Waals surface area contributed by atoms with Gasteiger partial charge >= 0.3 is 23.5 Å². The van der Waals surface area contributed by atoms with E-state index in [9.17, 15) is 14.7 Å². The Morgan fingerprint density at radius 1 is 0.528 bits per heavy atom. The first-order chi connectivity index (χ1) is 25.6. The van der Waals surface area contributed by atoms with E-state index in [0.717, 1.165) is 0 Å². The molecule has 9 heteroatoms. The van der Waals surface area contributed by atoms with Gasteiger partial charge in [-0.2, -0.15) is 0 Å². The lowest BCUT2D eigenvalue weighted by Gasteiger charge is -2.28. The summed E-state index contributed by atoms with van der Waals surface area (Å²) < 4.78 is 37.9. The first kappa shape index (κ1) is 33.4. The van der Waals surface area contributed by atoms with Crippen molar-refractivity contribution in [1.29, 1.82) is 0 Å². The maximum Gasteiger partial charge on any atom is 0.344 e. The maximum atomic E-state index is 14.3. The maximum absolute atomic E-state index is 14.3. The SMILES string of the molecule is CC(C)(C)OC(=O)c1cc2c(cc1C(=O)Oc1ccc(O)c3c1OC(c1ccccc1)(c1ccccc1)O3)OC(c1ccccc1)(c1ccccc1)O2. The molecule has 0 amide bonds. The molecule has 0 spiro atoms. The molecule has 6 aromatic rings. The zero-order valence-corrected chi connectivity index (χ0v) is 29.1. The molecule has 53 heavy (non-hydrogen) atoms. The van der Waals surface area contributed by atoms with Gasteiger partial charge in [-0.1, -0.05) is 121 Å². The number of rotatable bonds is 7. The minimum absolute atomic E-state index is 0.00205. The minimum atomic E-state index is -1.51. The van der Waals surface area contributed by atoms with Crippen molar-refractivity contribution >= 4 is 11.9 Å². The molecule has 0 aliphatic carbocycles. The van der Waals surface area contributed by atoms with Crippen molar-refractivity contribution in [1.82, 2.24) is 0 Å². The van der Waals surface area contributed by atoms with Crippen molar-refractivity contribution in [3.8, 4) is 34.5 Å². The molecule has 0 radical (unpaired) electrons. The number of phenolic OH excluding ortho intramolecular Hbond substituents is 1. The standard InChI is InChI=1S/C44H34O9/c1-42(2,3)53-41(47)33-27-37-36(49-43(50-37,28-16-8-4-9-17-28)29-18-10-5-11-19-29)26-32(33)40(46)48-35-25-24-34(45)38-39(35)52-44(51-38,30-20-12-6-13-21-30)31-22-14-7-15-23-31/h4-27,45H,1-3H3. The lowest BCUT2D eigenvalue weighted by Crippen LogP contribution is -2.36. The van der Waals surface area contributed by atoms with Crippen LogP contribution in [-0.2, 0) is 16.3 Å². The highest BCUT2D eigenvalue weighted by atomic mass is 16.7. The van der Waals surface area contributed by atoms with Crippen LogP contribution in [0.15, 0.2) is 146 Å². The topological polar surface area (TPSA) is 110 Å². The molecule has 2 aliphatic heterocycles. The summed E-state index contributed by atoms with van der Waals surface area (Å²) in [5.41, 5.74) is 1.55. The Balaban J connectivity index is 1.20. The van der Waals surface area contributed by atoms with Crippen LogP contribution in [-0.4, -0.2) is 22.6 Å². The number of phenols is 1. The molecule has 0 bridgehead atoms. The van der Waals surface area contributed by atoms with E-state index in [1.807, 2.05) is 121 Å². The molecule has 2 aliphatic rings. The van der Waals surface area contributed by atoms with Crippen LogP contribution in [0, 0.1) is 0 Å². The molecular formula is C44H34O9. The molecule has 0 aromatic heterocycles. The van der Waals surface area contributed by atoms with Gasteiger partial charge < -0.3 is 33.5 Å². The Labute approximate surface area is 305 Å². The first-order valence-corrected chi connectivity index (χ1v) is 17.0. The van der Waals surface area contributed by atoms with E-state index in [0.29, 0.717) is 22.3 Å². The fourth-order valence-corrected chi connectivity index (χ4v) is 6.43. The molecule has 6 aromatic carbocycles. The number of benzene rings is 6. The number of ether oxygens (including phenoxy) is 6. The van der Waals surface area contributed by atoms with Crippen molar-refractivity contribution in [3.05, 3.63) is 179 Å². The van der Waals surface area contributed by atoms with Crippen molar-refractivity contribution in [3.63, 3.8) is 0 Å². The van der Waals surface area contributed by atoms with Gasteiger partial charge in [0.1, 0.15) is 5.60 Å². The predicted octanol–water partition coefficient (Wildman–Crippen LogP) is 8.91. The van der Waals surface area contributed by atoms with Gasteiger partial charge in [0, 0.05) is 22.3 Å². The number of hydrogen-bond donors (Lipinski definition) is 1. The van der Waals surface area contributed by atoms with Gasteiger partial charge in [0.25, 0.3) is 0 Å². The van der Waals surface area contributed by atoms with Crippen molar-refractivity contribution in [2.75, 3.05) is 0 Å². The molecule has 264 valence electrons. The van der Waals surface area contributed by atoms with Crippen LogP contribution < -0.4 is 23.7 Å². The Bertz CT molecular complexity index is 2240. The van der Waals surface area contributed by atoms with Gasteiger partial charge in [-0.25, -0.2) is 9.59 Å². The third kappa shape index (κ3) is 5.96. The highest BCUT2D eigenvalue weighted by Gasteiger charge is 2.49. The highest BCUT2D eigenvalue weighted by Crippen LogP contribution is 2.56. The summed E-state index contributed by atoms with van der Waals surface area (Å²) in [7, 11) is 0. The monoisotopic (exact) mass is 706 g/mol. The molecule has 0 fully saturated rings. The van der Waals surface area contributed by atoms with Gasteiger partial charge in [0.2, 0.25) is 11.5 Å². The average molecular weight is 707 g/mol. The number of fused-ring (bicyclic) bond motifs is 2. The molecule has 0 atom stereocenters. The zero-order valence-electron chi connectivity index (χ0n) is 29.1. The molecule has 8 rings (SSSR count). The molecule has 0 unspecified atom stereocenters. The van der Waals surface area contributed by atoms with E-state index in [-0.39, 0.29) is 45.6 Å². The van der Waals surface area contributed by atoms with E-state index in [2.05, 4.69) is 0 Å². The van der Waals surface area contributed by atoms with Crippen LogP contribution in [0.25, 0.3) is 0 Å². The summed E-state index contributed by atoms with van der Waals surface area (Å²) in [4.78, 5) is 28.1. The average Bonchev–Trinajstić information content (AvgIpc) is 3.78. The Kier molecular flexibility index (Phi) is 8.06. The third-order valence-electron chi connectivity index (χ3n) is 8.79. The minimum Gasteiger partial charge on any atom is -0.504 e. The van der Waals surface area contributed by atoms with E-state index in [4.69, 9.17) is 28.4 Å². The predicted molar refractivity (Wildman–Crippen MR) is 195 cm³/mol. The summed E-state index contributed by atoms with van der Waals surface area (Å²) in [5.74, 6) is -4.46. The van der Waals surface area contributed by atoms with Gasteiger partial charge in [-0.15, -0.1) is 0 Å². The van der Waals surface area contributed by atoms with E-state index in [1.54, 1.807) is 20.8 Å². The fourth-order valence-electron chi connectivity index (χ4n) is 6.43. The fraction of sp³-hybridized carbons (Fsp3) is 0.136. The normalized spacial score (nSPS) is 14.7. The van der Waals surface area contributed by atoms with E-state index in [1.165, 1.54) is 24.3 Å². The Morgan fingerprint density at radius 2 is 0.925 bits per heavy atom. The first-order valence-electron chi connectivity index (χ1n) is 17.0. The summed E-state index contributed by atoms with van der Waals surface area (Å²) in [6.45, 7) is 5.19. The van der Waals surface area contributed by atoms with Crippen molar-refractivity contribution in [2.45, 2.75) is 37.9 Å². The summed E-state index contributed by atoms with van der Waals surface area (Å²) >= 11 is 0. The summed E-state index contributed by atoms with van der Waals surface area (Å²) in [5, 5.41) is 11.0. The van der Waals surface area contributed by atoms with Gasteiger partial charge in [0.05, 0.1) is 11.1 Å². The summed E-state index contributed by atoms with van der Waals surface area (Å²) in [6.07, 6.45) is 0. The van der Waals surface area contributed by atoms with Crippen LogP contribution in [0.2, 0.25) is 0 Å². The number of carbonyl (C=O) groups is 2. The lowest BCUT2D eigenvalue weighted by atomic mass is 9.97. The molecule has 1 N–H and O–H groups in total. The smallest absolute Gasteiger partial charge is 0.344 e. The van der Waals surface area contributed by atoms with Crippen LogP contribution in [0.5, 0.6) is 34.5 Å². The highest BCUT2D eigenvalue weighted by molar-refractivity contribution is 6.05. The second-order valence-electron chi connectivity index (χ2n) is 13.6. The van der Waals surface area contributed by atoms with Crippen molar-refractivity contribution < 1.29 is 43.1 Å². The number of hydrogen-bond acceptors (Lipinski definition) is 9. The zero-order chi connectivity index (χ0) is 36.8. The third-order valence-corrected chi connectivity index (χ3v) is 8.79. The Hall–Kier alpha value is -6.74. The number of aromatic hydroxyl groups is 1. The Morgan fingerprint density at radius 3 is 1.36 bits per heavy atom. The summed E-state index contributed by atoms with van der Waals surface area (Å²) in [6, 6.07) is 42.8. The largest absolute Gasteiger partial charge is 0.504 e. The van der Waals surface area contributed by atoms with E-state index < -0.39 is 29.1 Å². The van der Waals surface area contributed by atoms with E-state index >= 15 is 0 Å². The molecule has 9 nitrogen and oxygen atoms in total. The quantitative estimate of drug-likeness (QED) is 0.129. The van der Waals surface area contributed by atoms with Crippen molar-refractivity contribution in [2.24, 2.45) is 0 Å². The molecular weight excluding hydrogens is 672 g/mol. The lowest BCUT2D eigenvalue weighted by molar-refractivity contribution is -0.0475. The number of esters is 2. The van der Waals surface area contributed by atoms with Crippen LogP contribution in [0.1, 0.15) is 63.7 Å². The van der Waals surface area contributed by atoms with Crippen LogP contribution in [0.4, 0.5) is 0 Å². The number of carbonyl (C=O) groups excluding carboxylic acids is 2. The molecule has 2 heterocycles. The molecule has 0 saturated heterocycles.